The molecule has 0 radical (unpaired) electrons. The highest BCUT2D eigenvalue weighted by atomic mass is 35.5. The van der Waals surface area contributed by atoms with Gasteiger partial charge in [-0.2, -0.15) is 0 Å². The van der Waals surface area contributed by atoms with Crippen LogP contribution in [0.15, 0.2) is 41.2 Å². The monoisotopic (exact) mass is 532 g/mol. The van der Waals surface area contributed by atoms with Crippen LogP contribution < -0.4 is 10.9 Å². The van der Waals surface area contributed by atoms with Gasteiger partial charge in [0.05, 0.1) is 10.9 Å². The molecule has 198 valence electrons. The Balaban J connectivity index is 1.88. The van der Waals surface area contributed by atoms with Gasteiger partial charge in [0, 0.05) is 5.69 Å². The van der Waals surface area contributed by atoms with Gasteiger partial charge in [0.1, 0.15) is 24.2 Å². The number of aryl methyl sites for hydroxylation is 1. The number of cyclic esters (lactones) is 2. The van der Waals surface area contributed by atoms with Crippen molar-refractivity contribution in [1.82, 2.24) is 10.3 Å². The molecule has 0 spiro atoms. The summed E-state index contributed by atoms with van der Waals surface area (Å²) in [6.45, 7) is 5.79. The first-order valence-electron chi connectivity index (χ1n) is 11.8. The molecule has 2 heterocycles. The number of carbonyl (C=O) groups excluding carboxylic acids is 4. The molecule has 3 rings (SSSR count). The molecule has 1 aromatic heterocycles. The normalized spacial score (nSPS) is 22.2. The molecular formula is C26H29ClN2O8. The van der Waals surface area contributed by atoms with Gasteiger partial charge in [-0.3, -0.25) is 19.2 Å². The second-order valence-corrected chi connectivity index (χ2v) is 9.54. The first kappa shape index (κ1) is 27.9. The summed E-state index contributed by atoms with van der Waals surface area (Å²) in [4.78, 5) is 66.1. The fourth-order valence-electron chi connectivity index (χ4n) is 3.75. The van der Waals surface area contributed by atoms with E-state index < -0.39 is 66.1 Å². The van der Waals surface area contributed by atoms with Gasteiger partial charge in [-0.05, 0) is 31.9 Å². The number of rotatable bonds is 6. The fraction of sp³-hybridized carbons (Fsp3) is 0.423. The van der Waals surface area contributed by atoms with Crippen LogP contribution in [0.2, 0.25) is 5.02 Å². The summed E-state index contributed by atoms with van der Waals surface area (Å²) in [5.41, 5.74) is 0.130. The second-order valence-electron chi connectivity index (χ2n) is 9.14. The van der Waals surface area contributed by atoms with Crippen LogP contribution in [-0.2, 0) is 35.0 Å². The maximum absolute atomic E-state index is 13.2. The molecular weight excluding hydrogens is 504 g/mol. The average Bonchev–Trinajstić information content (AvgIpc) is 2.88. The number of hydrogen-bond acceptors (Lipinski definition) is 8. The molecule has 1 aromatic carbocycles. The molecule has 4 unspecified atom stereocenters. The number of aromatic nitrogens is 1. The van der Waals surface area contributed by atoms with E-state index in [9.17, 15) is 24.0 Å². The van der Waals surface area contributed by atoms with Crippen molar-refractivity contribution < 1.29 is 33.4 Å². The average molecular weight is 533 g/mol. The van der Waals surface area contributed by atoms with Gasteiger partial charge in [-0.25, -0.2) is 4.79 Å². The number of aromatic amines is 1. The van der Waals surface area contributed by atoms with E-state index in [0.29, 0.717) is 5.69 Å². The van der Waals surface area contributed by atoms with Gasteiger partial charge >= 0.3 is 17.9 Å². The molecule has 1 amide bonds. The first-order valence-corrected chi connectivity index (χ1v) is 12.2. The molecule has 1 aliphatic rings. The van der Waals surface area contributed by atoms with Crippen LogP contribution in [0.5, 0.6) is 0 Å². The number of carbonyl (C=O) groups is 4. The Kier molecular flexibility index (Phi) is 9.09. The number of benzene rings is 1. The highest BCUT2D eigenvalue weighted by Gasteiger charge is 2.42. The van der Waals surface area contributed by atoms with Gasteiger partial charge < -0.3 is 24.5 Å². The Bertz CT molecular complexity index is 1230. The van der Waals surface area contributed by atoms with Crippen molar-refractivity contribution in [2.24, 2.45) is 11.8 Å². The molecule has 0 aliphatic carbocycles. The molecule has 10 nitrogen and oxygen atoms in total. The number of pyridine rings is 1. The van der Waals surface area contributed by atoms with Crippen molar-refractivity contribution in [1.29, 1.82) is 0 Å². The topological polar surface area (TPSA) is 141 Å². The number of nitrogens with one attached hydrogen (secondary N) is 2. The molecule has 2 aromatic rings. The quantitative estimate of drug-likeness (QED) is 0.426. The summed E-state index contributed by atoms with van der Waals surface area (Å²) in [5.74, 6) is -4.60. The van der Waals surface area contributed by atoms with E-state index in [0.717, 1.165) is 5.56 Å². The minimum Gasteiger partial charge on any atom is -0.463 e. The highest BCUT2D eigenvalue weighted by molar-refractivity contribution is 6.31. The molecule has 1 fully saturated rings. The maximum Gasteiger partial charge on any atom is 0.332 e. The third-order valence-electron chi connectivity index (χ3n) is 5.89. The summed E-state index contributed by atoms with van der Waals surface area (Å²) in [7, 11) is 0. The zero-order chi connectivity index (χ0) is 27.3. The lowest BCUT2D eigenvalue weighted by Gasteiger charge is -2.29. The lowest BCUT2D eigenvalue weighted by Crippen LogP contribution is -2.47. The second kappa shape index (κ2) is 12.1. The summed E-state index contributed by atoms with van der Waals surface area (Å²) in [5, 5.41) is 2.52. The van der Waals surface area contributed by atoms with Crippen LogP contribution in [0.25, 0.3) is 0 Å². The van der Waals surface area contributed by atoms with Crippen molar-refractivity contribution in [2.75, 3.05) is 6.61 Å². The third-order valence-corrected chi connectivity index (χ3v) is 6.28. The number of ether oxygens (including phenoxy) is 3. The van der Waals surface area contributed by atoms with E-state index in [1.165, 1.54) is 13.0 Å². The minimum atomic E-state index is -1.42. The summed E-state index contributed by atoms with van der Waals surface area (Å²) in [6, 6.07) is 8.81. The van der Waals surface area contributed by atoms with Crippen molar-refractivity contribution in [2.45, 2.75) is 52.4 Å². The molecule has 11 heteroatoms. The minimum absolute atomic E-state index is 0.153. The van der Waals surface area contributed by atoms with Gasteiger partial charge in [-0.1, -0.05) is 55.8 Å². The zero-order valence-electron chi connectivity index (χ0n) is 20.9. The standard InChI is InChI=1S/C26H29ClN2O8/c1-13(2)24(32)37-21-15(4)36-26(34)20(29-23(31)18-11-19(27)14(3)28-22(18)30)12-35-25(33)17(21)10-16-8-6-5-7-9-16/h5-9,11,13,15,17,20-21H,10,12H2,1-4H3,(H,28,30)(H,29,31). The van der Waals surface area contributed by atoms with Crippen molar-refractivity contribution >= 4 is 35.4 Å². The Morgan fingerprint density at radius 3 is 2.49 bits per heavy atom. The first-order chi connectivity index (χ1) is 17.5. The number of esters is 3. The van der Waals surface area contributed by atoms with Gasteiger partial charge in [0.15, 0.2) is 12.1 Å². The van der Waals surface area contributed by atoms with Crippen LogP contribution in [-0.4, -0.2) is 53.7 Å². The largest absolute Gasteiger partial charge is 0.463 e. The fourth-order valence-corrected chi connectivity index (χ4v) is 3.91. The zero-order valence-corrected chi connectivity index (χ0v) is 21.7. The molecule has 2 N–H and O–H groups in total. The van der Waals surface area contributed by atoms with E-state index in [1.54, 1.807) is 32.9 Å². The molecule has 37 heavy (non-hydrogen) atoms. The highest BCUT2D eigenvalue weighted by Crippen LogP contribution is 2.24. The van der Waals surface area contributed by atoms with E-state index in [-0.39, 0.29) is 17.0 Å². The smallest absolute Gasteiger partial charge is 0.332 e. The van der Waals surface area contributed by atoms with Crippen LogP contribution in [0.4, 0.5) is 0 Å². The third kappa shape index (κ3) is 6.97. The number of halogens is 1. The lowest BCUT2D eigenvalue weighted by atomic mass is 9.91. The molecule has 1 saturated heterocycles. The van der Waals surface area contributed by atoms with Crippen molar-refractivity contribution in [3.8, 4) is 0 Å². The number of H-pyrrole nitrogens is 1. The molecule has 0 saturated carbocycles. The van der Waals surface area contributed by atoms with Crippen LogP contribution in [0.3, 0.4) is 0 Å². The molecule has 0 bridgehead atoms. The summed E-state index contributed by atoms with van der Waals surface area (Å²) < 4.78 is 16.6. The Morgan fingerprint density at radius 1 is 1.16 bits per heavy atom. The van der Waals surface area contributed by atoms with E-state index in [4.69, 9.17) is 25.8 Å². The van der Waals surface area contributed by atoms with Gasteiger partial charge in [0.2, 0.25) is 0 Å². The van der Waals surface area contributed by atoms with E-state index >= 15 is 0 Å². The summed E-state index contributed by atoms with van der Waals surface area (Å²) >= 11 is 6.02. The lowest BCUT2D eigenvalue weighted by molar-refractivity contribution is -0.176. The van der Waals surface area contributed by atoms with E-state index in [1.807, 2.05) is 18.2 Å². The molecule has 4 atom stereocenters. The summed E-state index contributed by atoms with van der Waals surface area (Å²) in [6.07, 6.45) is -2.03. The van der Waals surface area contributed by atoms with Crippen molar-refractivity contribution in [3.05, 3.63) is 68.6 Å². The van der Waals surface area contributed by atoms with E-state index in [2.05, 4.69) is 10.3 Å². The maximum atomic E-state index is 13.2. The van der Waals surface area contributed by atoms with Gasteiger partial charge in [0.25, 0.3) is 11.5 Å². The predicted octanol–water partition coefficient (Wildman–Crippen LogP) is 2.35. The Hall–Kier alpha value is -3.66. The predicted molar refractivity (Wildman–Crippen MR) is 133 cm³/mol. The van der Waals surface area contributed by atoms with Gasteiger partial charge in [-0.15, -0.1) is 0 Å². The van der Waals surface area contributed by atoms with Crippen molar-refractivity contribution in [3.63, 3.8) is 0 Å². The Labute approximate surface area is 218 Å². The Morgan fingerprint density at radius 2 is 1.84 bits per heavy atom. The SMILES string of the molecule is Cc1[nH]c(=O)c(C(=O)NC2COC(=O)C(Cc3ccccc3)C(OC(=O)C(C)C)C(C)OC2=O)cc1Cl. The molecule has 1 aliphatic heterocycles. The van der Waals surface area contributed by atoms with Crippen LogP contribution in [0.1, 0.15) is 42.4 Å². The number of hydrogen-bond donors (Lipinski definition) is 2. The number of amides is 1. The van der Waals surface area contributed by atoms with Crippen LogP contribution >= 0.6 is 11.6 Å². The van der Waals surface area contributed by atoms with Crippen LogP contribution in [0, 0.1) is 18.8 Å².